The molecule has 4 aromatic rings. The molecule has 2 aromatic heterocycles. The number of nitrogens with one attached hydrogen (secondary N) is 1. The number of piperidine rings is 1. The van der Waals surface area contributed by atoms with Crippen LogP contribution in [0.15, 0.2) is 54.7 Å². The van der Waals surface area contributed by atoms with E-state index in [2.05, 4.69) is 22.2 Å². The lowest BCUT2D eigenvalue weighted by atomic mass is 10.0. The minimum atomic E-state index is 0.604. The maximum absolute atomic E-state index is 5.57. The molecule has 1 saturated heterocycles. The number of para-hydroxylation sites is 1. The molecule has 1 aliphatic rings. The molecule has 0 bridgehead atoms. The van der Waals surface area contributed by atoms with Gasteiger partial charge in [0.15, 0.2) is 5.65 Å². The van der Waals surface area contributed by atoms with Gasteiger partial charge in [-0.25, -0.2) is 4.68 Å². The third kappa shape index (κ3) is 4.16. The zero-order valence-electron chi connectivity index (χ0n) is 19.2. The van der Waals surface area contributed by atoms with Crippen LogP contribution in [-0.2, 0) is 0 Å². The predicted octanol–water partition coefficient (Wildman–Crippen LogP) is 4.81. The Labute approximate surface area is 193 Å². The van der Waals surface area contributed by atoms with Crippen LogP contribution in [0, 0.1) is 5.92 Å². The molecule has 3 heterocycles. The van der Waals surface area contributed by atoms with Gasteiger partial charge < -0.3 is 19.7 Å². The van der Waals surface area contributed by atoms with Crippen LogP contribution in [0.25, 0.3) is 16.7 Å². The van der Waals surface area contributed by atoms with Crippen LogP contribution in [0.2, 0.25) is 0 Å². The molecule has 0 aliphatic carbocycles. The summed E-state index contributed by atoms with van der Waals surface area (Å²) in [7, 11) is 3.30. The van der Waals surface area contributed by atoms with Crippen molar-refractivity contribution >= 4 is 28.5 Å². The number of rotatable bonds is 6. The van der Waals surface area contributed by atoms with Crippen LogP contribution in [0.4, 0.5) is 17.5 Å². The lowest BCUT2D eigenvalue weighted by Gasteiger charge is -2.31. The molecule has 0 radical (unpaired) electrons. The minimum Gasteiger partial charge on any atom is -0.497 e. The van der Waals surface area contributed by atoms with E-state index in [1.54, 1.807) is 20.4 Å². The maximum atomic E-state index is 5.57. The molecule has 5 rings (SSSR count). The lowest BCUT2D eigenvalue weighted by molar-refractivity contribution is 0.405. The van der Waals surface area contributed by atoms with Crippen molar-refractivity contribution in [2.45, 2.75) is 19.8 Å². The molecular formula is C25H28N6O2. The number of fused-ring (bicyclic) bond motifs is 1. The van der Waals surface area contributed by atoms with Crippen LogP contribution in [0.3, 0.4) is 0 Å². The topological polar surface area (TPSA) is 77.3 Å². The highest BCUT2D eigenvalue weighted by atomic mass is 16.5. The van der Waals surface area contributed by atoms with Gasteiger partial charge in [-0.05, 0) is 43.0 Å². The molecule has 0 amide bonds. The molecule has 1 atom stereocenters. The van der Waals surface area contributed by atoms with Gasteiger partial charge in [-0.1, -0.05) is 25.1 Å². The van der Waals surface area contributed by atoms with Crippen molar-refractivity contribution in [3.05, 3.63) is 54.7 Å². The van der Waals surface area contributed by atoms with Crippen LogP contribution >= 0.6 is 0 Å². The first-order valence-electron chi connectivity index (χ1n) is 11.2. The molecule has 0 unspecified atom stereocenters. The Morgan fingerprint density at radius 1 is 1.03 bits per heavy atom. The number of nitrogens with zero attached hydrogens (tertiary/aromatic N) is 5. The number of ether oxygens (including phenoxy) is 2. The van der Waals surface area contributed by atoms with E-state index in [-0.39, 0.29) is 0 Å². The number of hydrogen-bond acceptors (Lipinski definition) is 7. The monoisotopic (exact) mass is 444 g/mol. The molecule has 8 nitrogen and oxygen atoms in total. The highest BCUT2D eigenvalue weighted by Gasteiger charge is 2.22. The summed E-state index contributed by atoms with van der Waals surface area (Å²) in [5, 5.41) is 8.94. The first kappa shape index (κ1) is 21.1. The summed E-state index contributed by atoms with van der Waals surface area (Å²) in [6.07, 6.45) is 4.17. The normalized spacial score (nSPS) is 16.1. The quantitative estimate of drug-likeness (QED) is 0.457. The van der Waals surface area contributed by atoms with Crippen molar-refractivity contribution in [1.82, 2.24) is 19.7 Å². The molecule has 8 heteroatoms. The number of benzene rings is 2. The molecule has 1 N–H and O–H groups in total. The third-order valence-electron chi connectivity index (χ3n) is 6.02. The van der Waals surface area contributed by atoms with Crippen molar-refractivity contribution < 1.29 is 9.47 Å². The highest BCUT2D eigenvalue weighted by Crippen LogP contribution is 2.34. The molecule has 0 saturated carbocycles. The van der Waals surface area contributed by atoms with Gasteiger partial charge in [0.2, 0.25) is 5.95 Å². The van der Waals surface area contributed by atoms with E-state index in [4.69, 9.17) is 19.4 Å². The van der Waals surface area contributed by atoms with Gasteiger partial charge in [-0.15, -0.1) is 0 Å². The van der Waals surface area contributed by atoms with E-state index in [0.29, 0.717) is 23.4 Å². The number of anilines is 3. The van der Waals surface area contributed by atoms with Gasteiger partial charge in [0.05, 0.1) is 37.2 Å². The Bertz CT molecular complexity index is 1260. The largest absolute Gasteiger partial charge is 0.497 e. The summed E-state index contributed by atoms with van der Waals surface area (Å²) in [5.74, 6) is 3.42. The molecule has 1 fully saturated rings. The summed E-state index contributed by atoms with van der Waals surface area (Å²) in [6, 6.07) is 15.7. The first-order valence-corrected chi connectivity index (χ1v) is 11.2. The Balaban J connectivity index is 1.65. The Morgan fingerprint density at radius 2 is 1.88 bits per heavy atom. The van der Waals surface area contributed by atoms with E-state index >= 15 is 0 Å². The molecule has 0 spiro atoms. The average molecular weight is 445 g/mol. The summed E-state index contributed by atoms with van der Waals surface area (Å²) >= 11 is 0. The standard InChI is InChI=1S/C25H28N6O2/c1-17-8-7-13-30(16-17)25-28-23(27-21-14-19(32-2)11-12-22(21)33-3)20-15-26-31(24(20)29-25)18-9-5-4-6-10-18/h4-6,9-12,14-15,17H,7-8,13,16H2,1-3H3,(H,27,28,29)/t17-/m1/s1. The third-order valence-corrected chi connectivity index (χ3v) is 6.02. The Morgan fingerprint density at radius 3 is 2.64 bits per heavy atom. The van der Waals surface area contributed by atoms with E-state index < -0.39 is 0 Å². The fourth-order valence-corrected chi connectivity index (χ4v) is 4.30. The second-order valence-electron chi connectivity index (χ2n) is 8.39. The number of methoxy groups -OCH3 is 2. The van der Waals surface area contributed by atoms with Gasteiger partial charge in [0, 0.05) is 19.2 Å². The van der Waals surface area contributed by atoms with E-state index in [1.165, 1.54) is 6.42 Å². The van der Waals surface area contributed by atoms with Crippen LogP contribution in [-0.4, -0.2) is 47.1 Å². The Hall–Kier alpha value is -3.81. The van der Waals surface area contributed by atoms with Crippen LogP contribution < -0.4 is 19.7 Å². The van der Waals surface area contributed by atoms with Gasteiger partial charge in [0.25, 0.3) is 0 Å². The van der Waals surface area contributed by atoms with Crippen LogP contribution in [0.1, 0.15) is 19.8 Å². The fourth-order valence-electron chi connectivity index (χ4n) is 4.30. The van der Waals surface area contributed by atoms with Crippen molar-refractivity contribution in [3.63, 3.8) is 0 Å². The molecule has 1 aliphatic heterocycles. The summed E-state index contributed by atoms with van der Waals surface area (Å²) in [4.78, 5) is 12.2. The van der Waals surface area contributed by atoms with E-state index in [9.17, 15) is 0 Å². The smallest absolute Gasteiger partial charge is 0.229 e. The summed E-state index contributed by atoms with van der Waals surface area (Å²) in [5.41, 5.74) is 2.48. The summed E-state index contributed by atoms with van der Waals surface area (Å²) in [6.45, 7) is 4.16. The average Bonchev–Trinajstić information content (AvgIpc) is 3.29. The second kappa shape index (κ2) is 8.97. The molecular weight excluding hydrogens is 416 g/mol. The number of hydrogen-bond donors (Lipinski definition) is 1. The van der Waals surface area contributed by atoms with Gasteiger partial charge in [-0.2, -0.15) is 15.1 Å². The van der Waals surface area contributed by atoms with Crippen LogP contribution in [0.5, 0.6) is 11.5 Å². The second-order valence-corrected chi connectivity index (χ2v) is 8.39. The predicted molar refractivity (Wildman–Crippen MR) is 130 cm³/mol. The minimum absolute atomic E-state index is 0.604. The van der Waals surface area contributed by atoms with Crippen molar-refractivity contribution in [3.8, 4) is 17.2 Å². The lowest BCUT2D eigenvalue weighted by Crippen LogP contribution is -2.35. The zero-order chi connectivity index (χ0) is 22.8. The molecule has 33 heavy (non-hydrogen) atoms. The number of aromatic nitrogens is 4. The zero-order valence-corrected chi connectivity index (χ0v) is 19.2. The highest BCUT2D eigenvalue weighted by molar-refractivity contribution is 5.91. The van der Waals surface area contributed by atoms with Gasteiger partial charge in [0.1, 0.15) is 17.3 Å². The maximum Gasteiger partial charge on any atom is 0.229 e. The van der Waals surface area contributed by atoms with E-state index in [1.807, 2.05) is 53.2 Å². The van der Waals surface area contributed by atoms with Crippen molar-refractivity contribution in [2.75, 3.05) is 37.5 Å². The van der Waals surface area contributed by atoms with E-state index in [0.717, 1.165) is 47.7 Å². The first-order chi connectivity index (χ1) is 16.2. The van der Waals surface area contributed by atoms with Gasteiger partial charge in [-0.3, -0.25) is 0 Å². The van der Waals surface area contributed by atoms with Crippen molar-refractivity contribution in [2.24, 2.45) is 5.92 Å². The van der Waals surface area contributed by atoms with Crippen molar-refractivity contribution in [1.29, 1.82) is 0 Å². The fraction of sp³-hybridized carbons (Fsp3) is 0.320. The molecule has 170 valence electrons. The molecule has 2 aromatic carbocycles. The van der Waals surface area contributed by atoms with Gasteiger partial charge >= 0.3 is 0 Å². The Kier molecular flexibility index (Phi) is 5.73. The SMILES string of the molecule is COc1ccc(OC)c(Nc2nc(N3CCC[C@@H](C)C3)nc3c2cnn3-c2ccccc2)c1. The summed E-state index contributed by atoms with van der Waals surface area (Å²) < 4.78 is 12.9.